The fourth-order valence-electron chi connectivity index (χ4n) is 3.03. The maximum Gasteiger partial charge on any atom is 0.331 e. The number of urea groups is 1. The maximum atomic E-state index is 12.9. The number of rotatable bonds is 8. The first kappa shape index (κ1) is 21.9. The van der Waals surface area contributed by atoms with Crippen molar-refractivity contribution in [3.63, 3.8) is 0 Å². The molecular weight excluding hydrogens is 400 g/mol. The van der Waals surface area contributed by atoms with E-state index in [1.807, 2.05) is 6.92 Å². The maximum absolute atomic E-state index is 12.9. The summed E-state index contributed by atoms with van der Waals surface area (Å²) in [6.07, 6.45) is 2.30. The third kappa shape index (κ3) is 5.03. The summed E-state index contributed by atoms with van der Waals surface area (Å²) < 4.78 is 16.1. The number of imide groups is 2. The molecule has 0 aliphatic carbocycles. The summed E-state index contributed by atoms with van der Waals surface area (Å²) in [5.41, 5.74) is 1.16. The van der Waals surface area contributed by atoms with Crippen LogP contribution < -0.4 is 19.5 Å². The second-order valence-electron chi connectivity index (χ2n) is 6.82. The van der Waals surface area contributed by atoms with E-state index < -0.39 is 17.8 Å². The first-order valence-electron chi connectivity index (χ1n) is 9.79. The molecule has 0 saturated carbocycles. The Morgan fingerprint density at radius 2 is 1.71 bits per heavy atom. The molecule has 8 heteroatoms. The molecule has 8 nitrogen and oxygen atoms in total. The van der Waals surface area contributed by atoms with Gasteiger partial charge in [-0.2, -0.15) is 0 Å². The number of nitrogens with zero attached hydrogens (tertiary/aromatic N) is 1. The molecule has 2 aromatic rings. The van der Waals surface area contributed by atoms with Gasteiger partial charge < -0.3 is 14.2 Å². The summed E-state index contributed by atoms with van der Waals surface area (Å²) in [4.78, 5) is 38.5. The van der Waals surface area contributed by atoms with Crippen molar-refractivity contribution < 1.29 is 28.6 Å². The zero-order valence-corrected chi connectivity index (χ0v) is 17.6. The van der Waals surface area contributed by atoms with Crippen molar-refractivity contribution in [2.45, 2.75) is 19.9 Å². The third-order valence-electron chi connectivity index (χ3n) is 4.64. The SMILES string of the molecule is CCCOc1ccc(CN2C(=O)NC(=O)/C(=C\c3ccc(OC)cc3)C2=O)cc1OC. The van der Waals surface area contributed by atoms with Crippen molar-refractivity contribution in [2.24, 2.45) is 0 Å². The highest BCUT2D eigenvalue weighted by atomic mass is 16.5. The summed E-state index contributed by atoms with van der Waals surface area (Å²) in [7, 11) is 3.07. The second-order valence-corrected chi connectivity index (χ2v) is 6.82. The zero-order chi connectivity index (χ0) is 22.4. The van der Waals surface area contributed by atoms with Crippen LogP contribution in [0.2, 0.25) is 0 Å². The number of carbonyl (C=O) groups excluding carboxylic acids is 3. The Labute approximate surface area is 180 Å². The second kappa shape index (κ2) is 9.80. The number of methoxy groups -OCH3 is 2. The first-order valence-corrected chi connectivity index (χ1v) is 9.79. The molecule has 0 aromatic heterocycles. The smallest absolute Gasteiger partial charge is 0.331 e. The molecule has 1 N–H and O–H groups in total. The van der Waals surface area contributed by atoms with Crippen LogP contribution in [0.5, 0.6) is 17.2 Å². The van der Waals surface area contributed by atoms with E-state index in [1.165, 1.54) is 13.2 Å². The Kier molecular flexibility index (Phi) is 6.92. The van der Waals surface area contributed by atoms with Crippen molar-refractivity contribution in [1.29, 1.82) is 0 Å². The molecule has 2 aromatic carbocycles. The molecular formula is C23H24N2O6. The van der Waals surface area contributed by atoms with Gasteiger partial charge in [-0.3, -0.25) is 19.8 Å². The van der Waals surface area contributed by atoms with Crippen LogP contribution >= 0.6 is 0 Å². The summed E-state index contributed by atoms with van der Waals surface area (Å²) in [6.45, 7) is 2.52. The number of ether oxygens (including phenoxy) is 3. The molecule has 1 aliphatic heterocycles. The van der Waals surface area contributed by atoms with E-state index in [2.05, 4.69) is 5.32 Å². The van der Waals surface area contributed by atoms with E-state index in [4.69, 9.17) is 14.2 Å². The van der Waals surface area contributed by atoms with Gasteiger partial charge in [-0.05, 0) is 47.9 Å². The minimum atomic E-state index is -0.771. The van der Waals surface area contributed by atoms with Gasteiger partial charge in [0.25, 0.3) is 11.8 Å². The van der Waals surface area contributed by atoms with Gasteiger partial charge in [0.05, 0.1) is 27.4 Å². The van der Waals surface area contributed by atoms with Crippen LogP contribution in [0.4, 0.5) is 4.79 Å². The molecule has 4 amide bonds. The Morgan fingerprint density at radius 3 is 2.35 bits per heavy atom. The van der Waals surface area contributed by atoms with Crippen LogP contribution in [-0.4, -0.2) is 43.6 Å². The Bertz CT molecular complexity index is 1010. The van der Waals surface area contributed by atoms with Gasteiger partial charge in [-0.1, -0.05) is 25.1 Å². The minimum Gasteiger partial charge on any atom is -0.497 e. The van der Waals surface area contributed by atoms with Crippen molar-refractivity contribution in [3.05, 3.63) is 59.2 Å². The molecule has 1 fully saturated rings. The summed E-state index contributed by atoms with van der Waals surface area (Å²) in [5.74, 6) is 0.329. The largest absolute Gasteiger partial charge is 0.497 e. The number of hydrogen-bond donors (Lipinski definition) is 1. The Balaban J connectivity index is 1.83. The number of amides is 4. The molecule has 0 radical (unpaired) electrons. The summed E-state index contributed by atoms with van der Waals surface area (Å²) >= 11 is 0. The van der Waals surface area contributed by atoms with E-state index >= 15 is 0 Å². The molecule has 1 saturated heterocycles. The standard InChI is InChI=1S/C23H24N2O6/c1-4-11-31-19-10-7-16(13-20(19)30-3)14-25-22(27)18(21(26)24-23(25)28)12-15-5-8-17(29-2)9-6-15/h5-10,12-13H,4,11,14H2,1-3H3,(H,24,26,28)/b18-12+. The topological polar surface area (TPSA) is 94.2 Å². The molecule has 3 rings (SSSR count). The average Bonchev–Trinajstić information content (AvgIpc) is 2.78. The minimum absolute atomic E-state index is 0.0255. The Morgan fingerprint density at radius 1 is 0.968 bits per heavy atom. The number of carbonyl (C=O) groups is 3. The monoisotopic (exact) mass is 424 g/mol. The predicted octanol–water partition coefficient (Wildman–Crippen LogP) is 3.15. The van der Waals surface area contributed by atoms with Crippen molar-refractivity contribution >= 4 is 23.9 Å². The van der Waals surface area contributed by atoms with Gasteiger partial charge in [0.1, 0.15) is 11.3 Å². The average molecular weight is 424 g/mol. The third-order valence-corrected chi connectivity index (χ3v) is 4.64. The molecule has 31 heavy (non-hydrogen) atoms. The lowest BCUT2D eigenvalue weighted by atomic mass is 10.1. The highest BCUT2D eigenvalue weighted by Crippen LogP contribution is 2.29. The van der Waals surface area contributed by atoms with Crippen LogP contribution in [0.25, 0.3) is 6.08 Å². The summed E-state index contributed by atoms with van der Waals surface area (Å²) in [5, 5.41) is 2.22. The lowest BCUT2D eigenvalue weighted by Gasteiger charge is -2.26. The van der Waals surface area contributed by atoms with Crippen LogP contribution in [0, 0.1) is 0 Å². The van der Waals surface area contributed by atoms with Crippen LogP contribution in [0.1, 0.15) is 24.5 Å². The number of hydrogen-bond acceptors (Lipinski definition) is 6. The lowest BCUT2D eigenvalue weighted by molar-refractivity contribution is -0.130. The molecule has 0 unspecified atom stereocenters. The zero-order valence-electron chi connectivity index (χ0n) is 17.6. The van der Waals surface area contributed by atoms with Crippen LogP contribution in [0.15, 0.2) is 48.0 Å². The number of benzene rings is 2. The van der Waals surface area contributed by atoms with Crippen LogP contribution in [-0.2, 0) is 16.1 Å². The highest BCUT2D eigenvalue weighted by Gasteiger charge is 2.35. The first-order chi connectivity index (χ1) is 15.0. The van der Waals surface area contributed by atoms with E-state index in [-0.39, 0.29) is 12.1 Å². The normalized spacial score (nSPS) is 15.1. The fourth-order valence-corrected chi connectivity index (χ4v) is 3.03. The van der Waals surface area contributed by atoms with Crippen molar-refractivity contribution in [2.75, 3.05) is 20.8 Å². The molecule has 0 spiro atoms. The van der Waals surface area contributed by atoms with Gasteiger partial charge >= 0.3 is 6.03 Å². The van der Waals surface area contributed by atoms with Gasteiger partial charge in [0.2, 0.25) is 0 Å². The number of barbiturate groups is 1. The van der Waals surface area contributed by atoms with Crippen molar-refractivity contribution in [1.82, 2.24) is 10.2 Å². The molecule has 1 aliphatic rings. The quantitative estimate of drug-likeness (QED) is 0.517. The fraction of sp³-hybridized carbons (Fsp3) is 0.261. The van der Waals surface area contributed by atoms with Gasteiger partial charge in [0.15, 0.2) is 11.5 Å². The van der Waals surface area contributed by atoms with E-state index in [0.717, 1.165) is 11.3 Å². The predicted molar refractivity (Wildman–Crippen MR) is 114 cm³/mol. The number of nitrogens with one attached hydrogen (secondary N) is 1. The van der Waals surface area contributed by atoms with Crippen LogP contribution in [0.3, 0.4) is 0 Å². The Hall–Kier alpha value is -3.81. The van der Waals surface area contributed by atoms with Gasteiger partial charge in [-0.25, -0.2) is 4.79 Å². The van der Waals surface area contributed by atoms with Gasteiger partial charge in [-0.15, -0.1) is 0 Å². The lowest BCUT2D eigenvalue weighted by Crippen LogP contribution is -2.53. The van der Waals surface area contributed by atoms with Crippen molar-refractivity contribution in [3.8, 4) is 17.2 Å². The van der Waals surface area contributed by atoms with E-state index in [9.17, 15) is 14.4 Å². The summed E-state index contributed by atoms with van der Waals surface area (Å²) in [6, 6.07) is 11.3. The molecule has 162 valence electrons. The molecule has 0 atom stereocenters. The van der Waals surface area contributed by atoms with E-state index in [1.54, 1.807) is 49.6 Å². The molecule has 0 bridgehead atoms. The van der Waals surface area contributed by atoms with Gasteiger partial charge in [0, 0.05) is 0 Å². The highest BCUT2D eigenvalue weighted by molar-refractivity contribution is 6.30. The molecule has 1 heterocycles. The van der Waals surface area contributed by atoms with E-state index in [0.29, 0.717) is 35.0 Å².